The molecule has 1 N–H and O–H groups in total. The van der Waals surface area contributed by atoms with Crippen LogP contribution in [0.4, 0.5) is 23.2 Å². The topological polar surface area (TPSA) is 70.0 Å². The van der Waals surface area contributed by atoms with E-state index in [4.69, 9.17) is 5.26 Å². The van der Waals surface area contributed by atoms with Crippen LogP contribution in [0, 0.1) is 17.1 Å². The van der Waals surface area contributed by atoms with Crippen molar-refractivity contribution in [1.82, 2.24) is 0 Å². The van der Waals surface area contributed by atoms with Crippen molar-refractivity contribution in [1.29, 1.82) is 5.26 Å². The van der Waals surface area contributed by atoms with Crippen LogP contribution in [0.25, 0.3) is 0 Å². The van der Waals surface area contributed by atoms with Crippen LogP contribution in [0.2, 0.25) is 0 Å². The lowest BCUT2D eigenvalue weighted by molar-refractivity contribution is -0.139. The molecule has 0 amide bonds. The molecule has 0 radical (unpaired) electrons. The van der Waals surface area contributed by atoms with E-state index in [1.807, 2.05) is 4.72 Å². The Morgan fingerprint density at radius 2 is 1.74 bits per heavy atom. The minimum Gasteiger partial charge on any atom is -0.280 e. The standard InChI is InChI=1S/C14H8F4N2O2S/c15-12-7-10(6-5-9(12)8-19)20-23(21,22)13-4-2-1-3-11(13)14(16,17)18/h1-7,20H. The zero-order valence-corrected chi connectivity index (χ0v) is 12.0. The third kappa shape index (κ3) is 3.60. The molecule has 120 valence electrons. The third-order valence-electron chi connectivity index (χ3n) is 2.82. The van der Waals surface area contributed by atoms with E-state index in [9.17, 15) is 26.0 Å². The maximum absolute atomic E-state index is 13.5. The number of nitrogens with zero attached hydrogens (tertiary/aromatic N) is 1. The largest absolute Gasteiger partial charge is 0.417 e. The summed E-state index contributed by atoms with van der Waals surface area (Å²) < 4.78 is 78.3. The van der Waals surface area contributed by atoms with E-state index in [-0.39, 0.29) is 11.3 Å². The molecule has 0 heterocycles. The quantitative estimate of drug-likeness (QED) is 0.866. The molecular weight excluding hydrogens is 336 g/mol. The fourth-order valence-electron chi connectivity index (χ4n) is 1.81. The van der Waals surface area contributed by atoms with Crippen LogP contribution in [0.3, 0.4) is 0 Å². The fourth-order valence-corrected chi connectivity index (χ4v) is 3.09. The predicted molar refractivity (Wildman–Crippen MR) is 73.4 cm³/mol. The maximum atomic E-state index is 13.5. The number of nitriles is 1. The number of rotatable bonds is 3. The van der Waals surface area contributed by atoms with Crippen molar-refractivity contribution in [2.24, 2.45) is 0 Å². The van der Waals surface area contributed by atoms with E-state index in [2.05, 4.69) is 0 Å². The summed E-state index contributed by atoms with van der Waals surface area (Å²) in [5, 5.41) is 8.59. The van der Waals surface area contributed by atoms with Crippen LogP contribution in [-0.4, -0.2) is 8.42 Å². The second kappa shape index (κ2) is 5.89. The van der Waals surface area contributed by atoms with Gasteiger partial charge in [0.25, 0.3) is 10.0 Å². The van der Waals surface area contributed by atoms with Crippen LogP contribution in [-0.2, 0) is 16.2 Å². The number of halogens is 4. The molecule has 0 atom stereocenters. The van der Waals surface area contributed by atoms with Crippen LogP contribution in [0.5, 0.6) is 0 Å². The van der Waals surface area contributed by atoms with E-state index < -0.39 is 32.5 Å². The van der Waals surface area contributed by atoms with Crippen LogP contribution in [0.15, 0.2) is 47.4 Å². The lowest BCUT2D eigenvalue weighted by Crippen LogP contribution is -2.19. The average molecular weight is 344 g/mol. The SMILES string of the molecule is N#Cc1ccc(NS(=O)(=O)c2ccccc2C(F)(F)F)cc1F. The Labute approximate surface area is 129 Å². The van der Waals surface area contributed by atoms with Gasteiger partial charge in [0.1, 0.15) is 11.9 Å². The van der Waals surface area contributed by atoms with Crippen LogP contribution in [0.1, 0.15) is 11.1 Å². The number of sulfonamides is 1. The zero-order chi connectivity index (χ0) is 17.3. The van der Waals surface area contributed by atoms with Crippen LogP contribution >= 0.6 is 0 Å². The number of alkyl halides is 3. The van der Waals surface area contributed by atoms with Gasteiger partial charge in [-0.05, 0) is 30.3 Å². The third-order valence-corrected chi connectivity index (χ3v) is 4.26. The van der Waals surface area contributed by atoms with Gasteiger partial charge >= 0.3 is 6.18 Å². The first-order valence-electron chi connectivity index (χ1n) is 6.04. The summed E-state index contributed by atoms with van der Waals surface area (Å²) in [7, 11) is -4.58. The average Bonchev–Trinajstić information content (AvgIpc) is 2.46. The first-order valence-corrected chi connectivity index (χ1v) is 7.52. The lowest BCUT2D eigenvalue weighted by atomic mass is 10.2. The first-order chi connectivity index (χ1) is 10.6. The van der Waals surface area contributed by atoms with Crippen molar-refractivity contribution in [2.75, 3.05) is 4.72 Å². The number of nitrogens with one attached hydrogen (secondary N) is 1. The molecule has 0 unspecified atom stereocenters. The highest BCUT2D eigenvalue weighted by Gasteiger charge is 2.36. The van der Waals surface area contributed by atoms with Crippen molar-refractivity contribution >= 4 is 15.7 Å². The Morgan fingerprint density at radius 3 is 2.30 bits per heavy atom. The Bertz CT molecular complexity index is 886. The van der Waals surface area contributed by atoms with Gasteiger partial charge in [0, 0.05) is 0 Å². The highest BCUT2D eigenvalue weighted by molar-refractivity contribution is 7.92. The van der Waals surface area contributed by atoms with E-state index in [0.29, 0.717) is 12.1 Å². The molecule has 0 spiro atoms. The molecule has 0 bridgehead atoms. The molecule has 2 aromatic carbocycles. The summed E-state index contributed by atoms with van der Waals surface area (Å²) in [6, 6.07) is 7.99. The summed E-state index contributed by atoms with van der Waals surface area (Å²) in [4.78, 5) is -0.975. The number of anilines is 1. The summed E-state index contributed by atoms with van der Waals surface area (Å²) in [6.07, 6.45) is -4.86. The second-order valence-electron chi connectivity index (χ2n) is 4.41. The summed E-state index contributed by atoms with van der Waals surface area (Å²) in [5.41, 5.74) is -1.94. The predicted octanol–water partition coefficient (Wildman–Crippen LogP) is 3.52. The van der Waals surface area contributed by atoms with Crippen molar-refractivity contribution in [2.45, 2.75) is 11.1 Å². The first kappa shape index (κ1) is 16.8. The number of benzene rings is 2. The summed E-state index contributed by atoms with van der Waals surface area (Å²) >= 11 is 0. The zero-order valence-electron chi connectivity index (χ0n) is 11.2. The molecule has 0 fully saturated rings. The Morgan fingerprint density at radius 1 is 1.09 bits per heavy atom. The van der Waals surface area contributed by atoms with Gasteiger partial charge in [0.2, 0.25) is 0 Å². The molecule has 0 aromatic heterocycles. The van der Waals surface area contributed by atoms with Crippen molar-refractivity contribution in [3.8, 4) is 6.07 Å². The molecule has 4 nitrogen and oxygen atoms in total. The van der Waals surface area contributed by atoms with Gasteiger partial charge < -0.3 is 0 Å². The fraction of sp³-hybridized carbons (Fsp3) is 0.0714. The Hall–Kier alpha value is -2.60. The monoisotopic (exact) mass is 344 g/mol. The number of hydrogen-bond acceptors (Lipinski definition) is 3. The van der Waals surface area contributed by atoms with Gasteiger partial charge in [-0.1, -0.05) is 12.1 Å². The highest BCUT2D eigenvalue weighted by atomic mass is 32.2. The maximum Gasteiger partial charge on any atom is 0.417 e. The molecule has 0 aliphatic heterocycles. The Kier molecular flexibility index (Phi) is 4.29. The molecule has 0 saturated carbocycles. The smallest absolute Gasteiger partial charge is 0.280 e. The second-order valence-corrected chi connectivity index (χ2v) is 6.06. The van der Waals surface area contributed by atoms with E-state index >= 15 is 0 Å². The van der Waals surface area contributed by atoms with Gasteiger partial charge in [-0.15, -0.1) is 0 Å². The van der Waals surface area contributed by atoms with Gasteiger partial charge in [-0.3, -0.25) is 4.72 Å². The molecule has 9 heteroatoms. The minimum absolute atomic E-state index is 0.293. The van der Waals surface area contributed by atoms with Crippen molar-refractivity contribution in [3.63, 3.8) is 0 Å². The minimum atomic E-state index is -4.86. The summed E-state index contributed by atoms with van der Waals surface area (Å²) in [6.45, 7) is 0. The normalized spacial score (nSPS) is 11.8. The molecule has 0 aliphatic rings. The number of hydrogen-bond donors (Lipinski definition) is 1. The summed E-state index contributed by atoms with van der Waals surface area (Å²) in [5.74, 6) is -0.989. The Balaban J connectivity index is 2.45. The van der Waals surface area contributed by atoms with Crippen molar-refractivity contribution < 1.29 is 26.0 Å². The molecule has 0 aliphatic carbocycles. The van der Waals surface area contributed by atoms with Gasteiger partial charge in [0.15, 0.2) is 0 Å². The van der Waals surface area contributed by atoms with E-state index in [1.54, 1.807) is 6.07 Å². The molecular formula is C14H8F4N2O2S. The van der Waals surface area contributed by atoms with Gasteiger partial charge in [0.05, 0.1) is 21.7 Å². The van der Waals surface area contributed by atoms with Gasteiger partial charge in [-0.25, -0.2) is 12.8 Å². The van der Waals surface area contributed by atoms with E-state index in [1.165, 1.54) is 0 Å². The molecule has 2 aromatic rings. The lowest BCUT2D eigenvalue weighted by Gasteiger charge is -2.14. The van der Waals surface area contributed by atoms with Crippen molar-refractivity contribution in [3.05, 3.63) is 59.4 Å². The highest BCUT2D eigenvalue weighted by Crippen LogP contribution is 2.34. The van der Waals surface area contributed by atoms with Crippen LogP contribution < -0.4 is 4.72 Å². The van der Waals surface area contributed by atoms with Gasteiger partial charge in [-0.2, -0.15) is 18.4 Å². The molecule has 23 heavy (non-hydrogen) atoms. The molecule has 2 rings (SSSR count). The van der Waals surface area contributed by atoms with E-state index in [0.717, 1.165) is 30.3 Å². The molecule has 0 saturated heterocycles.